The van der Waals surface area contributed by atoms with Crippen molar-refractivity contribution < 1.29 is 36.2 Å². The van der Waals surface area contributed by atoms with E-state index in [0.717, 1.165) is 0 Å². The first-order valence-electron chi connectivity index (χ1n) is 3.91. The van der Waals surface area contributed by atoms with Crippen molar-refractivity contribution >= 4 is 6.16 Å². The van der Waals surface area contributed by atoms with E-state index < -0.39 is 41.0 Å². The van der Waals surface area contributed by atoms with Crippen LogP contribution in [0.25, 0.3) is 0 Å². The topological polar surface area (TPSA) is 35.5 Å². The minimum atomic E-state index is -2.36. The molecule has 0 bridgehead atoms. The van der Waals surface area contributed by atoms with Crippen LogP contribution in [0.1, 0.15) is 0 Å². The number of benzene rings is 1. The first-order valence-corrected chi connectivity index (χ1v) is 3.91. The minimum absolute atomic E-state index is 0.550. The average Bonchev–Trinajstić information content (AvgIpc) is 2.30. The SMILES string of the molecule is C=COC(=O)Oc1c(F)c(F)c(F)c(F)c1F. The summed E-state index contributed by atoms with van der Waals surface area (Å²) in [6.07, 6.45) is -1.14. The van der Waals surface area contributed by atoms with E-state index in [1.807, 2.05) is 0 Å². The minimum Gasteiger partial charge on any atom is -0.403 e. The Morgan fingerprint density at radius 3 is 1.76 bits per heavy atom. The molecule has 0 saturated carbocycles. The number of hydrogen-bond acceptors (Lipinski definition) is 3. The maximum absolute atomic E-state index is 12.9. The van der Waals surface area contributed by atoms with Crippen LogP contribution in [0.5, 0.6) is 5.75 Å². The van der Waals surface area contributed by atoms with Gasteiger partial charge in [-0.25, -0.2) is 18.0 Å². The number of rotatable bonds is 2. The molecule has 0 heterocycles. The number of halogens is 5. The molecule has 1 aromatic rings. The third-order valence-electron chi connectivity index (χ3n) is 1.53. The van der Waals surface area contributed by atoms with Crippen molar-refractivity contribution in [1.29, 1.82) is 0 Å². The van der Waals surface area contributed by atoms with Crippen LogP contribution in [0.4, 0.5) is 26.7 Å². The van der Waals surface area contributed by atoms with Crippen LogP contribution in [0.2, 0.25) is 0 Å². The number of hydrogen-bond donors (Lipinski definition) is 0. The summed E-state index contributed by atoms with van der Waals surface area (Å²) >= 11 is 0. The van der Waals surface area contributed by atoms with Crippen molar-refractivity contribution in [2.75, 3.05) is 0 Å². The zero-order valence-corrected chi connectivity index (χ0v) is 7.90. The summed E-state index contributed by atoms with van der Waals surface area (Å²) in [5.74, 6) is -13.1. The third-order valence-corrected chi connectivity index (χ3v) is 1.53. The highest BCUT2D eigenvalue weighted by atomic mass is 19.2. The molecule has 0 aliphatic heterocycles. The van der Waals surface area contributed by atoms with Crippen LogP contribution >= 0.6 is 0 Å². The fraction of sp³-hybridized carbons (Fsp3) is 0. The van der Waals surface area contributed by atoms with Crippen LogP contribution in [0.15, 0.2) is 12.8 Å². The Hall–Kier alpha value is -2.12. The van der Waals surface area contributed by atoms with E-state index in [2.05, 4.69) is 16.1 Å². The Morgan fingerprint density at radius 2 is 1.35 bits per heavy atom. The fourth-order valence-electron chi connectivity index (χ4n) is 0.850. The summed E-state index contributed by atoms with van der Waals surface area (Å²) in [6, 6.07) is 0. The molecule has 8 heteroatoms. The van der Waals surface area contributed by atoms with Gasteiger partial charge < -0.3 is 9.47 Å². The van der Waals surface area contributed by atoms with Gasteiger partial charge in [0.2, 0.25) is 34.8 Å². The highest BCUT2D eigenvalue weighted by Gasteiger charge is 2.28. The first-order chi connectivity index (χ1) is 7.90. The lowest BCUT2D eigenvalue weighted by Gasteiger charge is -2.07. The largest absolute Gasteiger partial charge is 0.519 e. The van der Waals surface area contributed by atoms with Gasteiger partial charge in [0.25, 0.3) is 0 Å². The molecule has 0 aromatic heterocycles. The lowest BCUT2D eigenvalue weighted by molar-refractivity contribution is 0.130. The molecule has 0 aliphatic rings. The highest BCUT2D eigenvalue weighted by Crippen LogP contribution is 2.29. The fourth-order valence-corrected chi connectivity index (χ4v) is 0.850. The van der Waals surface area contributed by atoms with Gasteiger partial charge in [0.05, 0.1) is 6.26 Å². The molecule has 3 nitrogen and oxygen atoms in total. The van der Waals surface area contributed by atoms with E-state index >= 15 is 0 Å². The molecule has 92 valence electrons. The van der Waals surface area contributed by atoms with E-state index in [-0.39, 0.29) is 0 Å². The van der Waals surface area contributed by atoms with Crippen LogP contribution in [-0.4, -0.2) is 6.16 Å². The molecule has 0 radical (unpaired) electrons. The number of carbonyl (C=O) groups excluding carboxylic acids is 1. The lowest BCUT2D eigenvalue weighted by atomic mass is 10.3. The lowest BCUT2D eigenvalue weighted by Crippen LogP contribution is -2.12. The van der Waals surface area contributed by atoms with Crippen LogP contribution in [-0.2, 0) is 4.74 Å². The molecule has 0 spiro atoms. The Bertz CT molecular complexity index is 457. The van der Waals surface area contributed by atoms with Crippen molar-refractivity contribution in [3.63, 3.8) is 0 Å². The Balaban J connectivity index is 3.25. The third kappa shape index (κ3) is 2.35. The molecule has 0 fully saturated rings. The standard InChI is InChI=1S/C9H3F5O3/c1-2-16-9(15)17-8-6(13)4(11)3(10)5(12)7(8)14/h2H,1H2. The van der Waals surface area contributed by atoms with Gasteiger partial charge in [0.1, 0.15) is 0 Å². The van der Waals surface area contributed by atoms with Crippen molar-refractivity contribution in [3.8, 4) is 5.75 Å². The Labute approximate surface area is 91.1 Å². The predicted molar refractivity (Wildman–Crippen MR) is 43.5 cm³/mol. The quantitative estimate of drug-likeness (QED) is 0.203. The van der Waals surface area contributed by atoms with E-state index in [0.29, 0.717) is 6.26 Å². The molecule has 0 aliphatic carbocycles. The molecule has 0 unspecified atom stereocenters. The number of ether oxygens (including phenoxy) is 2. The second-order valence-electron chi connectivity index (χ2n) is 2.54. The van der Waals surface area contributed by atoms with E-state index in [4.69, 9.17) is 0 Å². The zero-order valence-electron chi connectivity index (χ0n) is 7.90. The van der Waals surface area contributed by atoms with Gasteiger partial charge in [-0.15, -0.1) is 0 Å². The summed E-state index contributed by atoms with van der Waals surface area (Å²) in [6.45, 7) is 2.92. The number of carbonyl (C=O) groups is 1. The van der Waals surface area contributed by atoms with Crippen molar-refractivity contribution in [2.24, 2.45) is 0 Å². The maximum Gasteiger partial charge on any atom is 0.519 e. The zero-order chi connectivity index (χ0) is 13.2. The summed E-state index contributed by atoms with van der Waals surface area (Å²) in [7, 11) is 0. The molecular formula is C9H3F5O3. The van der Waals surface area contributed by atoms with Gasteiger partial charge in [0.15, 0.2) is 0 Å². The van der Waals surface area contributed by atoms with Gasteiger partial charge in [0, 0.05) is 0 Å². The van der Waals surface area contributed by atoms with E-state index in [1.165, 1.54) is 0 Å². The van der Waals surface area contributed by atoms with Gasteiger partial charge in [-0.2, -0.15) is 8.78 Å². The van der Waals surface area contributed by atoms with Crippen molar-refractivity contribution in [3.05, 3.63) is 41.9 Å². The summed E-state index contributed by atoms with van der Waals surface area (Å²) in [5, 5.41) is 0. The van der Waals surface area contributed by atoms with Crippen molar-refractivity contribution in [2.45, 2.75) is 0 Å². The van der Waals surface area contributed by atoms with Crippen molar-refractivity contribution in [1.82, 2.24) is 0 Å². The second kappa shape index (κ2) is 4.81. The normalized spacial score (nSPS) is 9.94. The average molecular weight is 254 g/mol. The smallest absolute Gasteiger partial charge is 0.403 e. The molecule has 1 rings (SSSR count). The first kappa shape index (κ1) is 12.9. The molecule has 0 atom stereocenters. The van der Waals surface area contributed by atoms with E-state index in [9.17, 15) is 26.7 Å². The molecule has 0 saturated heterocycles. The highest BCUT2D eigenvalue weighted by molar-refractivity contribution is 5.64. The summed E-state index contributed by atoms with van der Waals surface area (Å²) < 4.78 is 71.4. The van der Waals surface area contributed by atoms with Crippen LogP contribution in [0, 0.1) is 29.1 Å². The van der Waals surface area contributed by atoms with E-state index in [1.54, 1.807) is 0 Å². The molecule has 17 heavy (non-hydrogen) atoms. The van der Waals surface area contributed by atoms with Crippen LogP contribution < -0.4 is 4.74 Å². The summed E-state index contributed by atoms with van der Waals surface area (Å²) in [5.41, 5.74) is 0. The Kier molecular flexibility index (Phi) is 3.66. The molecule has 1 aromatic carbocycles. The van der Waals surface area contributed by atoms with Gasteiger partial charge in [-0.05, 0) is 0 Å². The van der Waals surface area contributed by atoms with Gasteiger partial charge >= 0.3 is 6.16 Å². The summed E-state index contributed by atoms with van der Waals surface area (Å²) in [4.78, 5) is 10.6. The molecule has 0 N–H and O–H groups in total. The van der Waals surface area contributed by atoms with Gasteiger partial charge in [-0.1, -0.05) is 6.58 Å². The monoisotopic (exact) mass is 254 g/mol. The van der Waals surface area contributed by atoms with Crippen LogP contribution in [0.3, 0.4) is 0 Å². The second-order valence-corrected chi connectivity index (χ2v) is 2.54. The maximum atomic E-state index is 12.9. The Morgan fingerprint density at radius 1 is 0.941 bits per heavy atom. The van der Waals surface area contributed by atoms with Gasteiger partial charge in [-0.3, -0.25) is 0 Å². The predicted octanol–water partition coefficient (Wildman–Crippen LogP) is 3.04. The molecular weight excluding hydrogens is 251 g/mol. The molecule has 0 amide bonds.